The van der Waals surface area contributed by atoms with E-state index in [0.717, 1.165) is 0 Å². The van der Waals surface area contributed by atoms with Crippen molar-refractivity contribution in [3.8, 4) is 0 Å². The highest BCUT2D eigenvalue weighted by Gasteiger charge is 2.32. The summed E-state index contributed by atoms with van der Waals surface area (Å²) < 4.78 is 23.2. The van der Waals surface area contributed by atoms with Gasteiger partial charge in [-0.3, -0.25) is 14.9 Å². The van der Waals surface area contributed by atoms with Gasteiger partial charge in [0.15, 0.2) is 0 Å². The van der Waals surface area contributed by atoms with Crippen LogP contribution >= 0.6 is 0 Å². The lowest BCUT2D eigenvalue weighted by Gasteiger charge is -2.35. The number of hydrogen-bond acceptors (Lipinski definition) is 6. The van der Waals surface area contributed by atoms with Crippen molar-refractivity contribution in [2.24, 2.45) is 5.14 Å². The molecule has 5 N–H and O–H groups in total. The molecule has 0 aromatic heterocycles. The number of nitrogens with zero attached hydrogens (tertiary/aromatic N) is 1. The number of anilines is 2. The fourth-order valence-electron chi connectivity index (χ4n) is 2.30. The van der Waals surface area contributed by atoms with Crippen LogP contribution in [0.2, 0.25) is 0 Å². The molecule has 2 amide bonds. The molecule has 0 bridgehead atoms. The minimum Gasteiger partial charge on any atom is -0.399 e. The SMILES string of the molecule is Cc1c(N2CC(=O)NC(=O)C2C)cc(N)cc1S(N)(=O)=O. The van der Waals surface area contributed by atoms with Crippen molar-refractivity contribution in [3.05, 3.63) is 17.7 Å². The van der Waals surface area contributed by atoms with Crippen LogP contribution in [0.5, 0.6) is 0 Å². The summed E-state index contributed by atoms with van der Waals surface area (Å²) in [7, 11) is -3.95. The van der Waals surface area contributed by atoms with E-state index in [1.807, 2.05) is 0 Å². The van der Waals surface area contributed by atoms with E-state index < -0.39 is 27.9 Å². The normalized spacial score (nSPS) is 19.6. The number of imide groups is 1. The Morgan fingerprint density at radius 3 is 2.52 bits per heavy atom. The highest BCUT2D eigenvalue weighted by atomic mass is 32.2. The second kappa shape index (κ2) is 5.01. The number of benzene rings is 1. The predicted octanol–water partition coefficient (Wildman–Crippen LogP) is -0.924. The Morgan fingerprint density at radius 1 is 1.33 bits per heavy atom. The smallest absolute Gasteiger partial charge is 0.249 e. The number of carbonyl (C=O) groups is 2. The molecule has 114 valence electrons. The molecule has 1 saturated heterocycles. The molecule has 2 rings (SSSR count). The summed E-state index contributed by atoms with van der Waals surface area (Å²) in [6, 6.07) is 2.15. The number of rotatable bonds is 2. The van der Waals surface area contributed by atoms with E-state index in [0.29, 0.717) is 11.3 Å². The third-order valence-corrected chi connectivity index (χ3v) is 4.43. The summed E-state index contributed by atoms with van der Waals surface area (Å²) >= 11 is 0. The highest BCUT2D eigenvalue weighted by Crippen LogP contribution is 2.31. The average molecular weight is 312 g/mol. The molecule has 0 radical (unpaired) electrons. The Kier molecular flexibility index (Phi) is 3.64. The van der Waals surface area contributed by atoms with Gasteiger partial charge in [-0.2, -0.15) is 0 Å². The number of amides is 2. The van der Waals surface area contributed by atoms with Gasteiger partial charge < -0.3 is 10.6 Å². The summed E-state index contributed by atoms with van der Waals surface area (Å²) in [4.78, 5) is 24.6. The number of nitrogens with one attached hydrogen (secondary N) is 1. The maximum absolute atomic E-state index is 11.7. The molecule has 1 fully saturated rings. The van der Waals surface area contributed by atoms with Crippen molar-refractivity contribution >= 4 is 33.2 Å². The molecule has 1 aromatic rings. The molecule has 8 nitrogen and oxygen atoms in total. The van der Waals surface area contributed by atoms with Crippen molar-refractivity contribution in [1.82, 2.24) is 5.32 Å². The number of primary sulfonamides is 1. The van der Waals surface area contributed by atoms with Gasteiger partial charge in [0.05, 0.1) is 11.4 Å². The zero-order chi connectivity index (χ0) is 15.9. The molecule has 1 unspecified atom stereocenters. The van der Waals surface area contributed by atoms with Gasteiger partial charge in [0, 0.05) is 11.4 Å². The Morgan fingerprint density at radius 2 is 1.95 bits per heavy atom. The van der Waals surface area contributed by atoms with E-state index in [9.17, 15) is 18.0 Å². The van der Waals surface area contributed by atoms with Crippen molar-refractivity contribution < 1.29 is 18.0 Å². The predicted molar refractivity (Wildman–Crippen MR) is 76.9 cm³/mol. The lowest BCUT2D eigenvalue weighted by Crippen LogP contribution is -2.57. The van der Waals surface area contributed by atoms with Gasteiger partial charge in [-0.25, -0.2) is 13.6 Å². The maximum Gasteiger partial charge on any atom is 0.249 e. The Balaban J connectivity index is 2.61. The molecular weight excluding hydrogens is 296 g/mol. The molecule has 0 spiro atoms. The number of carbonyl (C=O) groups excluding carboxylic acids is 2. The monoisotopic (exact) mass is 312 g/mol. The lowest BCUT2D eigenvalue weighted by molar-refractivity contribution is -0.132. The topological polar surface area (TPSA) is 136 Å². The molecule has 1 aliphatic heterocycles. The fraction of sp³-hybridized carbons (Fsp3) is 0.333. The minimum absolute atomic E-state index is 0.0682. The van der Waals surface area contributed by atoms with E-state index in [2.05, 4.69) is 5.32 Å². The van der Waals surface area contributed by atoms with Gasteiger partial charge in [0.1, 0.15) is 6.04 Å². The van der Waals surface area contributed by atoms with Gasteiger partial charge in [0.2, 0.25) is 21.8 Å². The van der Waals surface area contributed by atoms with E-state index in [4.69, 9.17) is 10.9 Å². The summed E-state index contributed by atoms with van der Waals surface area (Å²) in [5.41, 5.74) is 6.65. The van der Waals surface area contributed by atoms with Crippen LogP contribution < -0.4 is 21.1 Å². The maximum atomic E-state index is 11.7. The molecule has 1 aromatic carbocycles. The largest absolute Gasteiger partial charge is 0.399 e. The first-order valence-corrected chi connectivity index (χ1v) is 7.69. The minimum atomic E-state index is -3.95. The van der Waals surface area contributed by atoms with Crippen LogP contribution in [0.15, 0.2) is 17.0 Å². The van der Waals surface area contributed by atoms with Gasteiger partial charge in [0.25, 0.3) is 0 Å². The van der Waals surface area contributed by atoms with Gasteiger partial charge in [-0.05, 0) is 31.5 Å². The fourth-order valence-corrected chi connectivity index (χ4v) is 3.13. The van der Waals surface area contributed by atoms with Crippen LogP contribution in [-0.2, 0) is 19.6 Å². The average Bonchev–Trinajstić information content (AvgIpc) is 2.35. The molecular formula is C12H16N4O4S. The third-order valence-electron chi connectivity index (χ3n) is 3.39. The highest BCUT2D eigenvalue weighted by molar-refractivity contribution is 7.89. The van der Waals surface area contributed by atoms with Crippen molar-refractivity contribution in [2.75, 3.05) is 17.2 Å². The molecule has 1 aliphatic rings. The zero-order valence-electron chi connectivity index (χ0n) is 11.6. The van der Waals surface area contributed by atoms with Crippen LogP contribution in [-0.4, -0.2) is 32.8 Å². The molecule has 1 atom stereocenters. The van der Waals surface area contributed by atoms with Crippen LogP contribution in [0.25, 0.3) is 0 Å². The summed E-state index contributed by atoms with van der Waals surface area (Å²) in [5, 5.41) is 7.38. The number of nitrogens with two attached hydrogens (primary N) is 2. The molecule has 9 heteroatoms. The third kappa shape index (κ3) is 2.83. The van der Waals surface area contributed by atoms with Crippen molar-refractivity contribution in [1.29, 1.82) is 0 Å². The molecule has 0 aliphatic carbocycles. The van der Waals surface area contributed by atoms with Crippen LogP contribution in [0.1, 0.15) is 12.5 Å². The molecule has 0 saturated carbocycles. The summed E-state index contributed by atoms with van der Waals surface area (Å²) in [6.45, 7) is 3.10. The van der Waals surface area contributed by atoms with E-state index in [1.165, 1.54) is 17.0 Å². The summed E-state index contributed by atoms with van der Waals surface area (Å²) in [5.74, 6) is -0.915. The number of hydrogen-bond donors (Lipinski definition) is 3. The zero-order valence-corrected chi connectivity index (χ0v) is 12.4. The van der Waals surface area contributed by atoms with Gasteiger partial charge in [-0.15, -0.1) is 0 Å². The van der Waals surface area contributed by atoms with Crippen molar-refractivity contribution in [2.45, 2.75) is 24.8 Å². The standard InChI is InChI=1S/C12H16N4O4S/c1-6-9(3-8(13)4-10(6)21(14,19)20)16-5-11(17)15-12(18)7(16)2/h3-4,7H,5,13H2,1-2H3,(H2,14,19,20)(H,15,17,18). The first-order valence-electron chi connectivity index (χ1n) is 6.14. The molecule has 1 heterocycles. The Bertz CT molecular complexity index is 729. The first-order chi connectivity index (χ1) is 9.61. The first kappa shape index (κ1) is 15.3. The number of piperazine rings is 1. The second-order valence-electron chi connectivity index (χ2n) is 4.92. The summed E-state index contributed by atoms with van der Waals surface area (Å²) in [6.07, 6.45) is 0. The van der Waals surface area contributed by atoms with Crippen molar-refractivity contribution in [3.63, 3.8) is 0 Å². The van der Waals surface area contributed by atoms with E-state index in [-0.39, 0.29) is 17.1 Å². The second-order valence-corrected chi connectivity index (χ2v) is 6.45. The lowest BCUT2D eigenvalue weighted by atomic mass is 10.1. The van der Waals surface area contributed by atoms with Crippen LogP contribution in [0.4, 0.5) is 11.4 Å². The van der Waals surface area contributed by atoms with E-state index >= 15 is 0 Å². The van der Waals surface area contributed by atoms with Crippen LogP contribution in [0.3, 0.4) is 0 Å². The Hall–Kier alpha value is -2.13. The quantitative estimate of drug-likeness (QED) is 0.477. The number of nitrogen functional groups attached to an aromatic ring is 1. The van der Waals surface area contributed by atoms with Gasteiger partial charge >= 0.3 is 0 Å². The van der Waals surface area contributed by atoms with E-state index in [1.54, 1.807) is 13.8 Å². The van der Waals surface area contributed by atoms with Gasteiger partial charge in [-0.1, -0.05) is 0 Å². The molecule has 21 heavy (non-hydrogen) atoms. The van der Waals surface area contributed by atoms with Crippen LogP contribution in [0, 0.1) is 6.92 Å². The Labute approximate surface area is 122 Å². The number of sulfonamides is 1.